The van der Waals surface area contributed by atoms with Gasteiger partial charge < -0.3 is 24.4 Å². The second kappa shape index (κ2) is 7.81. The molecule has 0 radical (unpaired) electrons. The summed E-state index contributed by atoms with van der Waals surface area (Å²) in [5.41, 5.74) is -0.469. The molecule has 0 spiro atoms. The van der Waals surface area contributed by atoms with Crippen LogP contribution in [0.3, 0.4) is 0 Å². The van der Waals surface area contributed by atoms with Crippen molar-refractivity contribution in [3.63, 3.8) is 0 Å². The number of nitrogens with zero attached hydrogens (tertiary/aromatic N) is 1. The summed E-state index contributed by atoms with van der Waals surface area (Å²) in [6.07, 6.45) is 4.56. The molecular formula is C17H32N2O4. The Hall–Kier alpha value is -0.850. The van der Waals surface area contributed by atoms with Crippen LogP contribution in [0.15, 0.2) is 0 Å². The van der Waals surface area contributed by atoms with Gasteiger partial charge in [0.1, 0.15) is 5.60 Å². The van der Waals surface area contributed by atoms with Crippen molar-refractivity contribution in [2.75, 3.05) is 27.3 Å². The lowest BCUT2D eigenvalue weighted by atomic mass is 9.92. The number of hydrogen-bond acceptors (Lipinski definition) is 5. The van der Waals surface area contributed by atoms with Gasteiger partial charge in [0, 0.05) is 26.8 Å². The molecule has 0 aromatic heterocycles. The third-order valence-corrected chi connectivity index (χ3v) is 4.68. The smallest absolute Gasteiger partial charge is 0.410 e. The Morgan fingerprint density at radius 2 is 1.70 bits per heavy atom. The van der Waals surface area contributed by atoms with Crippen molar-refractivity contribution in [3.8, 4) is 0 Å². The van der Waals surface area contributed by atoms with Crippen LogP contribution < -0.4 is 5.32 Å². The summed E-state index contributed by atoms with van der Waals surface area (Å²) >= 11 is 0. The highest BCUT2D eigenvalue weighted by Crippen LogP contribution is 2.23. The molecule has 0 bridgehead atoms. The molecule has 6 nitrogen and oxygen atoms in total. The highest BCUT2D eigenvalue weighted by molar-refractivity contribution is 5.68. The van der Waals surface area contributed by atoms with E-state index in [1.54, 1.807) is 19.1 Å². The molecule has 1 saturated carbocycles. The number of ether oxygens (including phenoxy) is 3. The van der Waals surface area contributed by atoms with E-state index < -0.39 is 5.60 Å². The summed E-state index contributed by atoms with van der Waals surface area (Å²) in [6.45, 7) is 6.88. The average molecular weight is 328 g/mol. The molecular weight excluding hydrogens is 296 g/mol. The van der Waals surface area contributed by atoms with Crippen molar-refractivity contribution >= 4 is 6.09 Å². The topological polar surface area (TPSA) is 60.0 Å². The Labute approximate surface area is 139 Å². The maximum absolute atomic E-state index is 12.2. The summed E-state index contributed by atoms with van der Waals surface area (Å²) in [5, 5.41) is 3.68. The second-order valence-electron chi connectivity index (χ2n) is 7.64. The first-order valence-corrected chi connectivity index (χ1v) is 8.62. The Balaban J connectivity index is 1.86. The largest absolute Gasteiger partial charge is 0.444 e. The standard InChI is InChI=1S/C17H32N2O4/c1-17(2,3)23-16(20)19-10-14(15(11-19)22-5)18-12-6-8-13(21-4)9-7-12/h12-15,18H,6-11H2,1-5H3/t12?,13?,14?,15-/m0/s1. The molecule has 1 amide bonds. The molecule has 0 aromatic rings. The summed E-state index contributed by atoms with van der Waals surface area (Å²) in [5.74, 6) is 0. The molecule has 2 atom stereocenters. The van der Waals surface area contributed by atoms with Gasteiger partial charge in [-0.3, -0.25) is 0 Å². The van der Waals surface area contributed by atoms with Crippen molar-refractivity contribution < 1.29 is 19.0 Å². The number of amides is 1. The fourth-order valence-corrected chi connectivity index (χ4v) is 3.42. The maximum Gasteiger partial charge on any atom is 0.410 e. The molecule has 1 saturated heterocycles. The van der Waals surface area contributed by atoms with Gasteiger partial charge in [-0.05, 0) is 46.5 Å². The first-order valence-electron chi connectivity index (χ1n) is 8.62. The Bertz CT molecular complexity index is 389. The van der Waals surface area contributed by atoms with Gasteiger partial charge in [0.05, 0.1) is 24.8 Å². The quantitative estimate of drug-likeness (QED) is 0.857. The van der Waals surface area contributed by atoms with Crippen LogP contribution in [0.5, 0.6) is 0 Å². The molecule has 1 N–H and O–H groups in total. The predicted octanol–water partition coefficient (Wildman–Crippen LogP) is 2.17. The van der Waals surface area contributed by atoms with Gasteiger partial charge in [-0.1, -0.05) is 0 Å². The molecule has 1 unspecified atom stereocenters. The van der Waals surface area contributed by atoms with Crippen LogP contribution >= 0.6 is 0 Å². The highest BCUT2D eigenvalue weighted by Gasteiger charge is 2.38. The van der Waals surface area contributed by atoms with E-state index in [1.165, 1.54) is 0 Å². The zero-order valence-electron chi connectivity index (χ0n) is 15.1. The number of hydrogen-bond donors (Lipinski definition) is 1. The van der Waals surface area contributed by atoms with Crippen LogP contribution in [-0.4, -0.2) is 68.2 Å². The molecule has 2 fully saturated rings. The van der Waals surface area contributed by atoms with Crippen LogP contribution in [-0.2, 0) is 14.2 Å². The van der Waals surface area contributed by atoms with Crippen molar-refractivity contribution in [2.45, 2.75) is 76.3 Å². The first kappa shape index (κ1) is 18.5. The average Bonchev–Trinajstić information content (AvgIpc) is 2.89. The lowest BCUT2D eigenvalue weighted by molar-refractivity contribution is 0.0251. The molecule has 1 aliphatic carbocycles. The zero-order valence-corrected chi connectivity index (χ0v) is 15.1. The van der Waals surface area contributed by atoms with E-state index >= 15 is 0 Å². The van der Waals surface area contributed by atoms with Gasteiger partial charge in [-0.2, -0.15) is 0 Å². The van der Waals surface area contributed by atoms with Crippen molar-refractivity contribution in [1.82, 2.24) is 10.2 Å². The van der Waals surface area contributed by atoms with E-state index in [0.29, 0.717) is 25.2 Å². The molecule has 6 heteroatoms. The summed E-state index contributed by atoms with van der Waals surface area (Å²) in [4.78, 5) is 14.0. The molecule has 1 heterocycles. The highest BCUT2D eigenvalue weighted by atomic mass is 16.6. The fourth-order valence-electron chi connectivity index (χ4n) is 3.42. The van der Waals surface area contributed by atoms with Gasteiger partial charge in [-0.25, -0.2) is 4.79 Å². The second-order valence-corrected chi connectivity index (χ2v) is 7.64. The number of carbonyl (C=O) groups excluding carboxylic acids is 1. The maximum atomic E-state index is 12.2. The summed E-state index contributed by atoms with van der Waals surface area (Å²) < 4.78 is 16.5. The lowest BCUT2D eigenvalue weighted by Gasteiger charge is -2.31. The predicted molar refractivity (Wildman–Crippen MR) is 88.6 cm³/mol. The summed E-state index contributed by atoms with van der Waals surface area (Å²) in [6, 6.07) is 0.638. The third-order valence-electron chi connectivity index (χ3n) is 4.68. The van der Waals surface area contributed by atoms with Gasteiger partial charge in [0.25, 0.3) is 0 Å². The minimum atomic E-state index is -0.469. The molecule has 1 aliphatic heterocycles. The van der Waals surface area contributed by atoms with Crippen LogP contribution in [0.4, 0.5) is 4.79 Å². The zero-order chi connectivity index (χ0) is 17.0. The van der Waals surface area contributed by atoms with Gasteiger partial charge in [0.2, 0.25) is 0 Å². The van der Waals surface area contributed by atoms with Gasteiger partial charge in [-0.15, -0.1) is 0 Å². The Morgan fingerprint density at radius 1 is 1.04 bits per heavy atom. The van der Waals surface area contributed by atoms with Crippen molar-refractivity contribution in [1.29, 1.82) is 0 Å². The molecule has 134 valence electrons. The van der Waals surface area contributed by atoms with E-state index in [2.05, 4.69) is 5.32 Å². The Morgan fingerprint density at radius 3 is 2.22 bits per heavy atom. The normalized spacial score (nSPS) is 32.1. The van der Waals surface area contributed by atoms with Gasteiger partial charge >= 0.3 is 6.09 Å². The molecule has 23 heavy (non-hydrogen) atoms. The van der Waals surface area contributed by atoms with E-state index in [9.17, 15) is 4.79 Å². The van der Waals surface area contributed by atoms with E-state index in [0.717, 1.165) is 25.7 Å². The molecule has 0 aromatic carbocycles. The van der Waals surface area contributed by atoms with E-state index in [4.69, 9.17) is 14.2 Å². The number of carbonyl (C=O) groups is 1. The molecule has 2 rings (SSSR count). The van der Waals surface area contributed by atoms with Gasteiger partial charge in [0.15, 0.2) is 0 Å². The van der Waals surface area contributed by atoms with Crippen LogP contribution in [0.1, 0.15) is 46.5 Å². The van der Waals surface area contributed by atoms with Crippen molar-refractivity contribution in [3.05, 3.63) is 0 Å². The summed E-state index contributed by atoms with van der Waals surface area (Å²) in [7, 11) is 3.49. The number of methoxy groups -OCH3 is 2. The Kier molecular flexibility index (Phi) is 6.28. The SMILES string of the molecule is COC1CCC(NC2CN(C(=O)OC(C)(C)C)C[C@@H]2OC)CC1. The minimum Gasteiger partial charge on any atom is -0.444 e. The van der Waals surface area contributed by atoms with Crippen LogP contribution in [0.25, 0.3) is 0 Å². The van der Waals surface area contributed by atoms with Crippen molar-refractivity contribution in [2.24, 2.45) is 0 Å². The first-order chi connectivity index (χ1) is 10.8. The number of likely N-dealkylation sites (tertiary alicyclic amines) is 1. The lowest BCUT2D eigenvalue weighted by Crippen LogP contribution is -2.47. The fraction of sp³-hybridized carbons (Fsp3) is 0.941. The minimum absolute atomic E-state index is 0.0164. The third kappa shape index (κ3) is 5.33. The monoisotopic (exact) mass is 328 g/mol. The number of rotatable bonds is 4. The number of nitrogens with one attached hydrogen (secondary N) is 1. The van der Waals surface area contributed by atoms with E-state index in [-0.39, 0.29) is 18.2 Å². The van der Waals surface area contributed by atoms with Crippen LogP contribution in [0, 0.1) is 0 Å². The molecule has 2 aliphatic rings. The van der Waals surface area contributed by atoms with Crippen LogP contribution in [0.2, 0.25) is 0 Å². The van der Waals surface area contributed by atoms with E-state index in [1.807, 2.05) is 20.8 Å².